The van der Waals surface area contributed by atoms with Crippen molar-refractivity contribution in [1.29, 1.82) is 0 Å². The second kappa shape index (κ2) is 4.01. The number of hydrogen-bond donors (Lipinski definition) is 0. The lowest BCUT2D eigenvalue weighted by atomic mass is 10.2. The summed E-state index contributed by atoms with van der Waals surface area (Å²) in [6.45, 7) is 0. The predicted molar refractivity (Wildman–Crippen MR) is 48.8 cm³/mol. The Bertz CT molecular complexity index is 521. The van der Waals surface area contributed by atoms with Crippen LogP contribution in [0, 0.1) is 0 Å². The molecule has 6 nitrogen and oxygen atoms in total. The minimum Gasteiger partial charge on any atom is -0.539 e. The Morgan fingerprint density at radius 3 is 2.88 bits per heavy atom. The molecule has 2 rings (SSSR count). The summed E-state index contributed by atoms with van der Waals surface area (Å²) in [6, 6.07) is 6.62. The molecule has 0 aliphatic rings. The van der Waals surface area contributed by atoms with E-state index in [1.165, 1.54) is 11.8 Å². The number of para-hydroxylation sites is 1. The summed E-state index contributed by atoms with van der Waals surface area (Å²) in [7, 11) is 1.28. The Kier molecular flexibility index (Phi) is 2.55. The van der Waals surface area contributed by atoms with E-state index >= 15 is 0 Å². The molecule has 0 saturated carbocycles. The fourth-order valence-corrected chi connectivity index (χ4v) is 1.30. The third-order valence-corrected chi connectivity index (χ3v) is 2.00. The van der Waals surface area contributed by atoms with Gasteiger partial charge in [-0.25, -0.2) is 4.79 Å². The molecule has 2 aromatic rings. The first-order chi connectivity index (χ1) is 7.72. The van der Waals surface area contributed by atoms with E-state index in [9.17, 15) is 9.90 Å². The first-order valence-corrected chi connectivity index (χ1v) is 4.46. The number of carbonyl (C=O) groups is 1. The van der Waals surface area contributed by atoms with E-state index in [2.05, 4.69) is 14.5 Å². The van der Waals surface area contributed by atoms with E-state index in [1.54, 1.807) is 24.3 Å². The fraction of sp³-hybridized carbons (Fsp3) is 0.100. The maximum Gasteiger partial charge on any atom is 0.344 e. The zero-order valence-corrected chi connectivity index (χ0v) is 8.41. The number of aromatic nitrogens is 2. The first-order valence-electron chi connectivity index (χ1n) is 4.46. The van der Waals surface area contributed by atoms with E-state index in [-0.39, 0.29) is 0 Å². The van der Waals surface area contributed by atoms with Crippen LogP contribution in [-0.2, 0) is 4.74 Å². The van der Waals surface area contributed by atoms with Crippen LogP contribution in [0.15, 0.2) is 35.0 Å². The van der Waals surface area contributed by atoms with Gasteiger partial charge in [0.15, 0.2) is 0 Å². The highest BCUT2D eigenvalue weighted by Crippen LogP contribution is 2.10. The quantitative estimate of drug-likeness (QED) is 0.517. The van der Waals surface area contributed by atoms with Crippen LogP contribution in [0.25, 0.3) is 5.69 Å². The zero-order valence-electron chi connectivity index (χ0n) is 8.41. The van der Waals surface area contributed by atoms with Crippen LogP contribution in [0.4, 0.5) is 0 Å². The Hall–Kier alpha value is -2.37. The predicted octanol–water partition coefficient (Wildman–Crippen LogP) is -0.189. The smallest absolute Gasteiger partial charge is 0.344 e. The molecule has 16 heavy (non-hydrogen) atoms. The number of esters is 1. The lowest BCUT2D eigenvalue weighted by molar-refractivity contribution is -0.670. The summed E-state index contributed by atoms with van der Waals surface area (Å²) in [5, 5.41) is 14.3. The van der Waals surface area contributed by atoms with Gasteiger partial charge in [0.25, 0.3) is 5.69 Å². The SMILES string of the molecule is COC(=O)c1ccccc1-[n+]1cc([O-])on1. The highest BCUT2D eigenvalue weighted by Gasteiger charge is 2.20. The number of hydrogen-bond acceptors (Lipinski definition) is 5. The zero-order chi connectivity index (χ0) is 11.5. The fourth-order valence-electron chi connectivity index (χ4n) is 1.30. The molecule has 0 fully saturated rings. The summed E-state index contributed by atoms with van der Waals surface area (Å²) in [4.78, 5) is 11.4. The highest BCUT2D eigenvalue weighted by atomic mass is 16.6. The molecule has 0 aliphatic carbocycles. The molecule has 6 heteroatoms. The second-order valence-corrected chi connectivity index (χ2v) is 2.97. The molecule has 0 saturated heterocycles. The molecule has 0 radical (unpaired) electrons. The van der Waals surface area contributed by atoms with Gasteiger partial charge in [-0.3, -0.25) is 0 Å². The molecule has 0 atom stereocenters. The van der Waals surface area contributed by atoms with Gasteiger partial charge in [0.05, 0.1) is 12.4 Å². The van der Waals surface area contributed by atoms with Crippen molar-refractivity contribution in [2.24, 2.45) is 0 Å². The number of benzene rings is 1. The summed E-state index contributed by atoms with van der Waals surface area (Å²) in [5.41, 5.74) is 0.739. The normalized spacial score (nSPS) is 10.1. The summed E-state index contributed by atoms with van der Waals surface area (Å²) in [6.07, 6.45) is 1.14. The molecule has 0 aliphatic heterocycles. The van der Waals surface area contributed by atoms with Gasteiger partial charge in [-0.2, -0.15) is 0 Å². The minimum atomic E-state index is -0.584. The lowest BCUT2D eigenvalue weighted by Gasteiger charge is -1.99. The Balaban J connectivity index is 2.52. The molecule has 0 N–H and O–H groups in total. The van der Waals surface area contributed by atoms with Gasteiger partial charge in [0, 0.05) is 6.07 Å². The van der Waals surface area contributed by atoms with E-state index in [0.29, 0.717) is 11.3 Å². The number of carbonyl (C=O) groups excluding carboxylic acids is 1. The molecule has 0 unspecified atom stereocenters. The van der Waals surface area contributed by atoms with Crippen LogP contribution in [0.3, 0.4) is 0 Å². The number of nitrogens with zero attached hydrogens (tertiary/aromatic N) is 2. The van der Waals surface area contributed by atoms with E-state index < -0.39 is 11.9 Å². The van der Waals surface area contributed by atoms with E-state index in [0.717, 1.165) is 6.20 Å². The van der Waals surface area contributed by atoms with Crippen molar-refractivity contribution in [3.05, 3.63) is 36.0 Å². The number of methoxy groups -OCH3 is 1. The lowest BCUT2D eigenvalue weighted by Crippen LogP contribution is -2.33. The average molecular weight is 220 g/mol. The molecule has 1 aromatic heterocycles. The Labute approximate surface area is 90.7 Å². The van der Waals surface area contributed by atoms with Gasteiger partial charge in [-0.15, -0.1) is 0 Å². The topological polar surface area (TPSA) is 79.3 Å². The van der Waals surface area contributed by atoms with Crippen LogP contribution < -0.4 is 9.79 Å². The van der Waals surface area contributed by atoms with Crippen molar-refractivity contribution in [3.8, 4) is 11.6 Å². The van der Waals surface area contributed by atoms with Gasteiger partial charge in [0.1, 0.15) is 11.5 Å². The Morgan fingerprint density at radius 1 is 1.50 bits per heavy atom. The highest BCUT2D eigenvalue weighted by molar-refractivity contribution is 5.92. The monoisotopic (exact) mass is 220 g/mol. The molecule has 0 bridgehead atoms. The van der Waals surface area contributed by atoms with Crippen LogP contribution in [0.5, 0.6) is 5.95 Å². The van der Waals surface area contributed by atoms with Crippen molar-refractivity contribution in [2.75, 3.05) is 7.11 Å². The second-order valence-electron chi connectivity index (χ2n) is 2.97. The molecule has 82 valence electrons. The molecular weight excluding hydrogens is 212 g/mol. The van der Waals surface area contributed by atoms with Gasteiger partial charge in [-0.1, -0.05) is 12.1 Å². The third-order valence-electron chi connectivity index (χ3n) is 2.00. The van der Waals surface area contributed by atoms with Crippen LogP contribution in [0.2, 0.25) is 0 Å². The van der Waals surface area contributed by atoms with Crippen molar-refractivity contribution in [2.45, 2.75) is 0 Å². The van der Waals surface area contributed by atoms with Gasteiger partial charge < -0.3 is 14.4 Å². The third kappa shape index (κ3) is 1.72. The van der Waals surface area contributed by atoms with Crippen LogP contribution in [-0.4, -0.2) is 18.4 Å². The van der Waals surface area contributed by atoms with Crippen molar-refractivity contribution >= 4 is 5.97 Å². The molecular formula is C10H8N2O4. The van der Waals surface area contributed by atoms with Crippen molar-refractivity contribution in [1.82, 2.24) is 5.27 Å². The average Bonchev–Trinajstić information content (AvgIpc) is 2.75. The van der Waals surface area contributed by atoms with Crippen molar-refractivity contribution < 1.29 is 23.8 Å². The van der Waals surface area contributed by atoms with E-state index in [1.807, 2.05) is 0 Å². The summed E-state index contributed by atoms with van der Waals surface area (Å²) in [5.74, 6) is -1.08. The maximum atomic E-state index is 11.4. The summed E-state index contributed by atoms with van der Waals surface area (Å²) < 4.78 is 10.2. The molecule has 1 aromatic carbocycles. The molecule has 1 heterocycles. The van der Waals surface area contributed by atoms with Gasteiger partial charge >= 0.3 is 5.97 Å². The largest absolute Gasteiger partial charge is 0.539 e. The first kappa shape index (κ1) is 10.2. The molecule has 0 spiro atoms. The van der Waals surface area contributed by atoms with Crippen LogP contribution >= 0.6 is 0 Å². The number of ether oxygens (including phenoxy) is 1. The van der Waals surface area contributed by atoms with Gasteiger partial charge in [0.2, 0.25) is 6.20 Å². The maximum absolute atomic E-state index is 11.4. The molecule has 0 amide bonds. The van der Waals surface area contributed by atoms with E-state index in [4.69, 9.17) is 0 Å². The number of rotatable bonds is 2. The minimum absolute atomic E-state index is 0.309. The van der Waals surface area contributed by atoms with Crippen LogP contribution in [0.1, 0.15) is 10.4 Å². The Morgan fingerprint density at radius 2 is 2.25 bits per heavy atom. The van der Waals surface area contributed by atoms with Crippen molar-refractivity contribution in [3.63, 3.8) is 0 Å². The standard InChI is InChI=1S/C10H8N2O4/c1-15-10(14)7-4-2-3-5-8(7)12-6-9(13)16-11-12/h2-6H,1H3. The summed E-state index contributed by atoms with van der Waals surface area (Å²) >= 11 is 0. The van der Waals surface area contributed by atoms with Gasteiger partial charge in [-0.05, 0) is 10.7 Å².